The molecule has 3 nitrogen and oxygen atoms in total. The highest BCUT2D eigenvalue weighted by Gasteiger charge is 2.37. The molecule has 0 fully saturated rings. The summed E-state index contributed by atoms with van der Waals surface area (Å²) >= 11 is 0. The van der Waals surface area contributed by atoms with E-state index < -0.39 is 0 Å². The van der Waals surface area contributed by atoms with Crippen LogP contribution in [0.4, 0.5) is 0 Å². The lowest BCUT2D eigenvalue weighted by Gasteiger charge is -2.20. The third kappa shape index (κ3) is 1.91. The average molecular weight is 283 g/mol. The zero-order valence-electron chi connectivity index (χ0n) is 12.8. The molecular formula is C18H21NO2. The zero-order valence-corrected chi connectivity index (χ0v) is 12.8. The molecule has 0 unspecified atom stereocenters. The number of aromatic hydroxyl groups is 1. The lowest BCUT2D eigenvalue weighted by atomic mass is 9.83. The number of hydrogen-bond donors (Lipinski definition) is 1. The number of aromatic nitrogens is 1. The Labute approximate surface area is 124 Å². The number of hydrogen-bond acceptors (Lipinski definition) is 2. The monoisotopic (exact) mass is 283 g/mol. The summed E-state index contributed by atoms with van der Waals surface area (Å²) in [5.74, 6) is 0.139. The van der Waals surface area contributed by atoms with Gasteiger partial charge in [-0.3, -0.25) is 9.36 Å². The van der Waals surface area contributed by atoms with Gasteiger partial charge >= 0.3 is 0 Å². The Balaban J connectivity index is 2.30. The fourth-order valence-electron chi connectivity index (χ4n) is 3.26. The van der Waals surface area contributed by atoms with Crippen LogP contribution in [0.15, 0.2) is 35.1 Å². The van der Waals surface area contributed by atoms with Gasteiger partial charge in [0.05, 0.1) is 11.3 Å². The molecule has 1 aromatic carbocycles. The average Bonchev–Trinajstić information content (AvgIpc) is 2.68. The van der Waals surface area contributed by atoms with Crippen LogP contribution in [0.25, 0.3) is 5.69 Å². The molecule has 3 heteroatoms. The molecule has 0 radical (unpaired) electrons. The van der Waals surface area contributed by atoms with Crippen molar-refractivity contribution in [2.45, 2.75) is 45.4 Å². The molecule has 1 aliphatic heterocycles. The summed E-state index contributed by atoms with van der Waals surface area (Å²) in [6.45, 7) is 6.27. The minimum atomic E-state index is -0.267. The first-order valence-corrected chi connectivity index (χ1v) is 7.56. The first-order chi connectivity index (χ1) is 9.98. The van der Waals surface area contributed by atoms with E-state index in [-0.39, 0.29) is 16.7 Å². The van der Waals surface area contributed by atoms with E-state index in [4.69, 9.17) is 0 Å². The number of para-hydroxylation sites is 1. The molecule has 0 amide bonds. The smallest absolute Gasteiger partial charge is 0.262 e. The van der Waals surface area contributed by atoms with Gasteiger partial charge in [0.25, 0.3) is 5.56 Å². The first-order valence-electron chi connectivity index (χ1n) is 7.56. The van der Waals surface area contributed by atoms with Crippen molar-refractivity contribution in [3.05, 3.63) is 57.5 Å². The minimum Gasteiger partial charge on any atom is -0.507 e. The van der Waals surface area contributed by atoms with E-state index in [2.05, 4.69) is 26.8 Å². The van der Waals surface area contributed by atoms with Gasteiger partial charge in [-0.2, -0.15) is 0 Å². The Kier molecular flexibility index (Phi) is 3.16. The summed E-state index contributed by atoms with van der Waals surface area (Å²) in [5.41, 5.74) is 3.14. The summed E-state index contributed by atoms with van der Waals surface area (Å²) < 4.78 is 1.78. The van der Waals surface area contributed by atoms with Crippen LogP contribution in [-0.4, -0.2) is 9.67 Å². The van der Waals surface area contributed by atoms with Crippen LogP contribution >= 0.6 is 0 Å². The lowest BCUT2D eigenvalue weighted by molar-refractivity contribution is 0.459. The topological polar surface area (TPSA) is 42.2 Å². The molecule has 21 heavy (non-hydrogen) atoms. The predicted molar refractivity (Wildman–Crippen MR) is 84.4 cm³/mol. The molecule has 0 aliphatic carbocycles. The summed E-state index contributed by atoms with van der Waals surface area (Å²) in [5, 5.41) is 10.3. The van der Waals surface area contributed by atoms with Crippen LogP contribution in [0.5, 0.6) is 5.75 Å². The fraction of sp³-hybridized carbons (Fsp3) is 0.389. The second-order valence-corrected chi connectivity index (χ2v) is 6.28. The Bertz CT molecular complexity index is 756. The molecule has 3 rings (SSSR count). The summed E-state index contributed by atoms with van der Waals surface area (Å²) in [4.78, 5) is 12.8. The SMILES string of the molecule is CCCCc1c(O)cc2n(c1=O)-c1ccccc1C2(C)C. The quantitative estimate of drug-likeness (QED) is 0.936. The van der Waals surface area contributed by atoms with Gasteiger partial charge in [-0.25, -0.2) is 0 Å². The van der Waals surface area contributed by atoms with Gasteiger partial charge in [0, 0.05) is 17.2 Å². The number of unbranched alkanes of at least 4 members (excludes halogenated alkanes) is 1. The normalized spacial score (nSPS) is 14.8. The summed E-state index contributed by atoms with van der Waals surface area (Å²) in [6, 6.07) is 9.76. The van der Waals surface area contributed by atoms with Gasteiger partial charge in [-0.1, -0.05) is 45.4 Å². The van der Waals surface area contributed by atoms with Gasteiger partial charge in [0.2, 0.25) is 0 Å². The van der Waals surface area contributed by atoms with E-state index in [0.717, 1.165) is 29.8 Å². The molecule has 0 saturated carbocycles. The van der Waals surface area contributed by atoms with Gasteiger partial charge < -0.3 is 5.11 Å². The Morgan fingerprint density at radius 2 is 1.95 bits per heavy atom. The Morgan fingerprint density at radius 1 is 1.24 bits per heavy atom. The maximum atomic E-state index is 12.8. The number of fused-ring (bicyclic) bond motifs is 3. The van der Waals surface area contributed by atoms with Crippen molar-refractivity contribution in [3.8, 4) is 11.4 Å². The minimum absolute atomic E-state index is 0.0727. The van der Waals surface area contributed by atoms with Crippen molar-refractivity contribution >= 4 is 0 Å². The van der Waals surface area contributed by atoms with E-state index >= 15 is 0 Å². The van der Waals surface area contributed by atoms with Crippen LogP contribution in [0, 0.1) is 0 Å². The van der Waals surface area contributed by atoms with Crippen LogP contribution in [0.2, 0.25) is 0 Å². The Hall–Kier alpha value is -2.03. The molecule has 2 heterocycles. The third-order valence-electron chi connectivity index (χ3n) is 4.52. The first kappa shape index (κ1) is 13.9. The summed E-state index contributed by atoms with van der Waals surface area (Å²) in [7, 11) is 0. The van der Waals surface area contributed by atoms with Crippen LogP contribution in [0.3, 0.4) is 0 Å². The van der Waals surface area contributed by atoms with Crippen molar-refractivity contribution in [1.29, 1.82) is 0 Å². The van der Waals surface area contributed by atoms with E-state index in [1.165, 1.54) is 0 Å². The molecule has 1 aliphatic rings. The predicted octanol–water partition coefficient (Wildman–Crippen LogP) is 3.53. The maximum absolute atomic E-state index is 12.8. The summed E-state index contributed by atoms with van der Waals surface area (Å²) in [6.07, 6.45) is 2.54. The maximum Gasteiger partial charge on any atom is 0.262 e. The number of rotatable bonds is 3. The molecule has 110 valence electrons. The highest BCUT2D eigenvalue weighted by molar-refractivity contribution is 5.58. The second-order valence-electron chi connectivity index (χ2n) is 6.28. The van der Waals surface area contributed by atoms with Crippen LogP contribution < -0.4 is 5.56 Å². The van der Waals surface area contributed by atoms with E-state index in [0.29, 0.717) is 12.0 Å². The van der Waals surface area contributed by atoms with Crippen molar-refractivity contribution in [2.24, 2.45) is 0 Å². The van der Waals surface area contributed by atoms with Gasteiger partial charge in [-0.05, 0) is 24.5 Å². The molecule has 0 saturated heterocycles. The van der Waals surface area contributed by atoms with E-state index in [1.807, 2.05) is 18.2 Å². The van der Waals surface area contributed by atoms with Crippen molar-refractivity contribution in [3.63, 3.8) is 0 Å². The molecule has 1 aromatic heterocycles. The molecule has 0 atom stereocenters. The van der Waals surface area contributed by atoms with Crippen molar-refractivity contribution in [2.75, 3.05) is 0 Å². The molecular weight excluding hydrogens is 262 g/mol. The van der Waals surface area contributed by atoms with Gasteiger partial charge in [0.15, 0.2) is 0 Å². The van der Waals surface area contributed by atoms with Gasteiger partial charge in [0.1, 0.15) is 5.75 Å². The van der Waals surface area contributed by atoms with Crippen LogP contribution in [0.1, 0.15) is 50.4 Å². The number of benzene rings is 1. The molecule has 0 bridgehead atoms. The van der Waals surface area contributed by atoms with E-state index in [1.54, 1.807) is 10.6 Å². The second kappa shape index (κ2) is 4.76. The zero-order chi connectivity index (χ0) is 15.2. The number of pyridine rings is 1. The van der Waals surface area contributed by atoms with E-state index in [9.17, 15) is 9.90 Å². The molecule has 2 aromatic rings. The molecule has 0 spiro atoms. The Morgan fingerprint density at radius 3 is 2.67 bits per heavy atom. The molecule has 1 N–H and O–H groups in total. The van der Waals surface area contributed by atoms with Gasteiger partial charge in [-0.15, -0.1) is 0 Å². The highest BCUT2D eigenvalue weighted by atomic mass is 16.3. The lowest BCUT2D eigenvalue weighted by Crippen LogP contribution is -2.26. The number of nitrogens with zero attached hydrogens (tertiary/aromatic N) is 1. The fourth-order valence-corrected chi connectivity index (χ4v) is 3.26. The van der Waals surface area contributed by atoms with Crippen molar-refractivity contribution < 1.29 is 5.11 Å². The largest absolute Gasteiger partial charge is 0.507 e. The van der Waals surface area contributed by atoms with Crippen molar-refractivity contribution in [1.82, 2.24) is 4.57 Å². The third-order valence-corrected chi connectivity index (χ3v) is 4.52. The van der Waals surface area contributed by atoms with Crippen LogP contribution in [-0.2, 0) is 11.8 Å². The standard InChI is InChI=1S/C18H21NO2/c1-4-5-8-12-15(20)11-16-18(2,3)13-9-6-7-10-14(13)19(16)17(12)21/h6-7,9-11,20H,4-5,8H2,1-3H3. The highest BCUT2D eigenvalue weighted by Crippen LogP contribution is 2.42.